The topological polar surface area (TPSA) is 119 Å². The summed E-state index contributed by atoms with van der Waals surface area (Å²) in [5.74, 6) is -2.17. The number of carbonyl (C=O) groups excluding carboxylic acids is 4. The lowest BCUT2D eigenvalue weighted by atomic mass is 9.89. The maximum absolute atomic E-state index is 13.0. The van der Waals surface area contributed by atoms with Crippen molar-refractivity contribution in [3.05, 3.63) is 54.1 Å². The van der Waals surface area contributed by atoms with E-state index in [1.165, 1.54) is 0 Å². The molecule has 9 nitrogen and oxygen atoms in total. The normalized spacial score (nSPS) is 17.2. The van der Waals surface area contributed by atoms with Gasteiger partial charge in [0.05, 0.1) is 18.5 Å². The van der Waals surface area contributed by atoms with Crippen LogP contribution in [0.4, 0.5) is 4.79 Å². The molecule has 0 spiro atoms. The van der Waals surface area contributed by atoms with Crippen molar-refractivity contribution in [2.45, 2.75) is 46.0 Å². The number of ketones is 2. The number of rotatable bonds is 7. The fraction of sp³-hybridized carbons (Fsp3) is 0.409. The van der Waals surface area contributed by atoms with E-state index in [1.54, 1.807) is 30.8 Å². The maximum atomic E-state index is 13.0. The molecule has 2 N–H and O–H groups in total. The summed E-state index contributed by atoms with van der Waals surface area (Å²) in [5, 5.41) is 5.13. The van der Waals surface area contributed by atoms with E-state index < -0.39 is 29.7 Å². The van der Waals surface area contributed by atoms with Crippen molar-refractivity contribution in [2.24, 2.45) is 11.8 Å². The number of fused-ring (bicyclic) bond motifs is 1. The summed E-state index contributed by atoms with van der Waals surface area (Å²) < 4.78 is 6.97. The molecule has 2 heterocycles. The summed E-state index contributed by atoms with van der Waals surface area (Å²) >= 11 is 0. The standard InChI is InChI=1S/C22H26N4O5/c1-14(2)19(25-22(30)31-13-15-6-4-3-5-7-15)17(27)10-16-12-26-9-8-23-18(26)11-24-21(29)20(16)28/h3-9,14,16,19H,10-13H2,1-2H3,(H,24,29)(H,25,30). The molecule has 2 aromatic rings. The molecule has 0 saturated heterocycles. The zero-order valence-electron chi connectivity index (χ0n) is 17.5. The van der Waals surface area contributed by atoms with Crippen molar-refractivity contribution in [2.75, 3.05) is 0 Å². The first-order valence-electron chi connectivity index (χ1n) is 10.2. The highest BCUT2D eigenvalue weighted by Gasteiger charge is 2.34. The zero-order chi connectivity index (χ0) is 22.4. The van der Waals surface area contributed by atoms with E-state index >= 15 is 0 Å². The molecule has 1 aliphatic heterocycles. The molecular weight excluding hydrogens is 400 g/mol. The van der Waals surface area contributed by atoms with E-state index in [1.807, 2.05) is 30.3 Å². The van der Waals surface area contributed by atoms with Crippen LogP contribution in [0.2, 0.25) is 0 Å². The van der Waals surface area contributed by atoms with Gasteiger partial charge in [0, 0.05) is 25.4 Å². The van der Waals surface area contributed by atoms with Crippen molar-refractivity contribution in [3.8, 4) is 0 Å². The van der Waals surface area contributed by atoms with E-state index in [0.717, 1.165) is 5.56 Å². The minimum absolute atomic E-state index is 0.0797. The molecule has 3 rings (SSSR count). The average molecular weight is 426 g/mol. The zero-order valence-corrected chi connectivity index (χ0v) is 17.5. The number of amides is 2. The largest absolute Gasteiger partial charge is 0.445 e. The van der Waals surface area contributed by atoms with Gasteiger partial charge < -0.3 is 19.9 Å². The van der Waals surface area contributed by atoms with Crippen LogP contribution in [0, 0.1) is 11.8 Å². The Morgan fingerprint density at radius 3 is 2.71 bits per heavy atom. The number of hydrogen-bond donors (Lipinski definition) is 2. The molecular formula is C22H26N4O5. The smallest absolute Gasteiger partial charge is 0.408 e. The third-order valence-electron chi connectivity index (χ3n) is 5.17. The molecule has 0 bridgehead atoms. The number of nitrogens with one attached hydrogen (secondary N) is 2. The molecule has 2 amide bonds. The summed E-state index contributed by atoms with van der Waals surface area (Å²) in [4.78, 5) is 54.0. The number of carbonyl (C=O) groups is 4. The van der Waals surface area contributed by atoms with E-state index in [9.17, 15) is 19.2 Å². The lowest BCUT2D eigenvalue weighted by Gasteiger charge is -2.24. The van der Waals surface area contributed by atoms with Gasteiger partial charge in [-0.25, -0.2) is 9.78 Å². The molecule has 1 aromatic heterocycles. The number of Topliss-reactive ketones (excluding diaryl/α,β-unsaturated/α-hetero) is 2. The molecule has 31 heavy (non-hydrogen) atoms. The minimum Gasteiger partial charge on any atom is -0.445 e. The Balaban J connectivity index is 1.64. The Bertz CT molecular complexity index is 954. The second-order valence-corrected chi connectivity index (χ2v) is 7.84. The first-order chi connectivity index (χ1) is 14.8. The van der Waals surface area contributed by atoms with Crippen molar-refractivity contribution < 1.29 is 23.9 Å². The van der Waals surface area contributed by atoms with E-state index in [-0.39, 0.29) is 37.8 Å². The first-order valence-corrected chi connectivity index (χ1v) is 10.2. The summed E-state index contributed by atoms with van der Waals surface area (Å²) in [7, 11) is 0. The molecule has 2 unspecified atom stereocenters. The van der Waals surface area contributed by atoms with Gasteiger partial charge in [0.2, 0.25) is 5.78 Å². The maximum Gasteiger partial charge on any atom is 0.408 e. The summed E-state index contributed by atoms with van der Waals surface area (Å²) in [6.07, 6.45) is 2.40. The van der Waals surface area contributed by atoms with Crippen LogP contribution in [0.5, 0.6) is 0 Å². The molecule has 0 saturated carbocycles. The number of aromatic nitrogens is 2. The molecule has 9 heteroatoms. The first kappa shape index (κ1) is 22.2. The number of alkyl carbamates (subject to hydrolysis) is 1. The molecule has 1 aliphatic rings. The molecule has 1 aromatic carbocycles. The van der Waals surface area contributed by atoms with Crippen LogP contribution in [0.3, 0.4) is 0 Å². The van der Waals surface area contributed by atoms with Crippen LogP contribution in [0.1, 0.15) is 31.7 Å². The number of ether oxygens (including phenoxy) is 1. The Morgan fingerprint density at radius 1 is 1.26 bits per heavy atom. The van der Waals surface area contributed by atoms with Crippen LogP contribution in [0.15, 0.2) is 42.7 Å². The minimum atomic E-state index is -0.843. The van der Waals surface area contributed by atoms with Gasteiger partial charge in [-0.05, 0) is 11.5 Å². The molecule has 164 valence electrons. The summed E-state index contributed by atoms with van der Waals surface area (Å²) in [6, 6.07) is 8.35. The van der Waals surface area contributed by atoms with Crippen molar-refractivity contribution in [1.29, 1.82) is 0 Å². The van der Waals surface area contributed by atoms with Gasteiger partial charge in [0.25, 0.3) is 5.91 Å². The third kappa shape index (κ3) is 5.78. The third-order valence-corrected chi connectivity index (χ3v) is 5.17. The second kappa shape index (κ2) is 10.0. The highest BCUT2D eigenvalue weighted by molar-refractivity contribution is 6.37. The fourth-order valence-corrected chi connectivity index (χ4v) is 3.46. The van der Waals surface area contributed by atoms with Gasteiger partial charge in [0.1, 0.15) is 12.4 Å². The van der Waals surface area contributed by atoms with Crippen molar-refractivity contribution in [1.82, 2.24) is 20.2 Å². The van der Waals surface area contributed by atoms with Gasteiger partial charge in [-0.1, -0.05) is 44.2 Å². The lowest BCUT2D eigenvalue weighted by molar-refractivity contribution is -0.142. The van der Waals surface area contributed by atoms with Crippen LogP contribution < -0.4 is 10.6 Å². The van der Waals surface area contributed by atoms with Crippen LogP contribution in [-0.4, -0.2) is 39.2 Å². The number of nitrogens with zero attached hydrogens (tertiary/aromatic N) is 2. The predicted octanol–water partition coefficient (Wildman–Crippen LogP) is 1.61. The fourth-order valence-electron chi connectivity index (χ4n) is 3.46. The molecule has 2 atom stereocenters. The monoisotopic (exact) mass is 426 g/mol. The Kier molecular flexibility index (Phi) is 7.17. The van der Waals surface area contributed by atoms with E-state index in [4.69, 9.17) is 4.74 Å². The Morgan fingerprint density at radius 2 is 2.00 bits per heavy atom. The number of hydrogen-bond acceptors (Lipinski definition) is 6. The summed E-state index contributed by atoms with van der Waals surface area (Å²) in [6.45, 7) is 4.00. The van der Waals surface area contributed by atoms with Gasteiger partial charge in [-0.3, -0.25) is 14.4 Å². The second-order valence-electron chi connectivity index (χ2n) is 7.84. The van der Waals surface area contributed by atoms with Crippen LogP contribution >= 0.6 is 0 Å². The van der Waals surface area contributed by atoms with E-state index in [2.05, 4.69) is 15.6 Å². The summed E-state index contributed by atoms with van der Waals surface area (Å²) in [5.41, 5.74) is 0.826. The van der Waals surface area contributed by atoms with Gasteiger partial charge in [-0.2, -0.15) is 0 Å². The highest BCUT2D eigenvalue weighted by atomic mass is 16.5. The molecule has 0 aliphatic carbocycles. The van der Waals surface area contributed by atoms with Crippen LogP contribution in [-0.2, 0) is 38.8 Å². The SMILES string of the molecule is CC(C)C(NC(=O)OCc1ccccc1)C(=O)CC1Cn2ccnc2CNC(=O)C1=O. The average Bonchev–Trinajstić information content (AvgIpc) is 3.19. The quantitative estimate of drug-likeness (QED) is 0.649. The molecule has 0 fully saturated rings. The van der Waals surface area contributed by atoms with Gasteiger partial charge in [-0.15, -0.1) is 0 Å². The lowest BCUT2D eigenvalue weighted by Crippen LogP contribution is -2.47. The molecule has 0 radical (unpaired) electrons. The van der Waals surface area contributed by atoms with Crippen molar-refractivity contribution in [3.63, 3.8) is 0 Å². The predicted molar refractivity (Wildman–Crippen MR) is 111 cm³/mol. The van der Waals surface area contributed by atoms with E-state index in [0.29, 0.717) is 5.82 Å². The highest BCUT2D eigenvalue weighted by Crippen LogP contribution is 2.17. The Labute approximate surface area is 180 Å². The van der Waals surface area contributed by atoms with Gasteiger partial charge in [0.15, 0.2) is 5.78 Å². The number of imidazole rings is 1. The van der Waals surface area contributed by atoms with Crippen LogP contribution in [0.25, 0.3) is 0 Å². The number of benzene rings is 1. The Hall–Kier alpha value is -3.49. The van der Waals surface area contributed by atoms with Gasteiger partial charge >= 0.3 is 6.09 Å². The van der Waals surface area contributed by atoms with Crippen molar-refractivity contribution >= 4 is 23.6 Å².